The molecule has 0 spiro atoms. The maximum absolute atomic E-state index is 4.52. The lowest BCUT2D eigenvalue weighted by Crippen LogP contribution is -2.45. The average molecular weight is 356 g/mol. The third-order valence-corrected chi connectivity index (χ3v) is 4.62. The lowest BCUT2D eigenvalue weighted by Gasteiger charge is -2.30. The van der Waals surface area contributed by atoms with E-state index >= 15 is 0 Å². The minimum Gasteiger partial charge on any atom is -0.356 e. The number of para-hydroxylation sites is 1. The number of benzene rings is 1. The van der Waals surface area contributed by atoms with E-state index in [4.69, 9.17) is 0 Å². The minimum atomic E-state index is 0.547. The molecule has 1 aromatic carbocycles. The molecule has 0 aliphatic heterocycles. The zero-order chi connectivity index (χ0) is 18.9. The van der Waals surface area contributed by atoms with Crippen molar-refractivity contribution >= 4 is 16.9 Å². The van der Waals surface area contributed by atoms with Crippen LogP contribution in [0.5, 0.6) is 0 Å². The summed E-state index contributed by atoms with van der Waals surface area (Å²) in [6, 6.07) is 11.5. The number of hydrogen-bond acceptors (Lipinski definition) is 3. The number of guanidine groups is 1. The van der Waals surface area contributed by atoms with Gasteiger partial charge in [0.25, 0.3) is 0 Å². The molecule has 26 heavy (non-hydrogen) atoms. The van der Waals surface area contributed by atoms with Gasteiger partial charge < -0.3 is 10.6 Å². The topological polar surface area (TPSA) is 52.6 Å². The lowest BCUT2D eigenvalue weighted by atomic mass is 10.1. The van der Waals surface area contributed by atoms with Crippen molar-refractivity contribution in [2.45, 2.75) is 46.2 Å². The molecule has 0 saturated heterocycles. The molecule has 2 aromatic rings. The van der Waals surface area contributed by atoms with Gasteiger partial charge in [-0.05, 0) is 45.7 Å². The van der Waals surface area contributed by atoms with Crippen LogP contribution in [0, 0.1) is 0 Å². The number of fused-ring (bicyclic) bond motifs is 1. The first-order chi connectivity index (χ1) is 12.5. The Kier molecular flexibility index (Phi) is 7.85. The predicted octanol–water partition coefficient (Wildman–Crippen LogP) is 3.06. The summed E-state index contributed by atoms with van der Waals surface area (Å²) in [7, 11) is 1.82. The van der Waals surface area contributed by atoms with Crippen LogP contribution in [0.3, 0.4) is 0 Å². The van der Waals surface area contributed by atoms with Crippen LogP contribution in [0.4, 0.5) is 0 Å². The van der Waals surface area contributed by atoms with Gasteiger partial charge in [-0.15, -0.1) is 0 Å². The van der Waals surface area contributed by atoms with Crippen LogP contribution in [0.2, 0.25) is 0 Å². The van der Waals surface area contributed by atoms with Gasteiger partial charge in [-0.1, -0.05) is 24.3 Å². The van der Waals surface area contributed by atoms with Crippen molar-refractivity contribution in [3.8, 4) is 0 Å². The first-order valence-electron chi connectivity index (χ1n) is 9.55. The second-order valence-corrected chi connectivity index (χ2v) is 7.09. The maximum atomic E-state index is 4.52. The molecule has 0 amide bonds. The SMILES string of the molecule is CN=C(NCCc1cccc2cccnc12)NCCN(C(C)C)C(C)C. The van der Waals surface area contributed by atoms with Crippen LogP contribution in [0.15, 0.2) is 41.5 Å². The third kappa shape index (κ3) is 5.70. The van der Waals surface area contributed by atoms with E-state index in [1.807, 2.05) is 19.3 Å². The summed E-state index contributed by atoms with van der Waals surface area (Å²) in [5.74, 6) is 0.852. The van der Waals surface area contributed by atoms with Crippen LogP contribution in [-0.4, -0.2) is 54.6 Å². The summed E-state index contributed by atoms with van der Waals surface area (Å²) in [4.78, 5) is 11.3. The second-order valence-electron chi connectivity index (χ2n) is 7.09. The van der Waals surface area contributed by atoms with E-state index in [9.17, 15) is 0 Å². The van der Waals surface area contributed by atoms with E-state index in [1.54, 1.807) is 0 Å². The fourth-order valence-corrected chi connectivity index (χ4v) is 3.32. The molecule has 0 fully saturated rings. The van der Waals surface area contributed by atoms with Gasteiger partial charge in [-0.3, -0.25) is 14.9 Å². The molecule has 5 heteroatoms. The molecule has 0 bridgehead atoms. The standard InChI is InChI=1S/C21H33N5/c1-16(2)26(17(3)4)15-14-25-21(22-5)24-13-11-19-9-6-8-18-10-7-12-23-20(18)19/h6-10,12,16-17H,11,13-15H2,1-5H3,(H2,22,24,25). The maximum Gasteiger partial charge on any atom is 0.191 e. The van der Waals surface area contributed by atoms with Crippen molar-refractivity contribution in [2.24, 2.45) is 4.99 Å². The fraction of sp³-hybridized carbons (Fsp3) is 0.524. The summed E-state index contributed by atoms with van der Waals surface area (Å²) in [5.41, 5.74) is 2.35. The van der Waals surface area contributed by atoms with Crippen molar-refractivity contribution in [1.29, 1.82) is 0 Å². The van der Waals surface area contributed by atoms with Gasteiger partial charge in [0.15, 0.2) is 5.96 Å². The molecule has 2 rings (SSSR count). The van der Waals surface area contributed by atoms with Crippen molar-refractivity contribution < 1.29 is 0 Å². The fourth-order valence-electron chi connectivity index (χ4n) is 3.32. The summed E-state index contributed by atoms with van der Waals surface area (Å²) in [6.45, 7) is 11.7. The number of aliphatic imine (C=N–C) groups is 1. The largest absolute Gasteiger partial charge is 0.356 e. The highest BCUT2D eigenvalue weighted by molar-refractivity contribution is 5.82. The van der Waals surface area contributed by atoms with Crippen molar-refractivity contribution in [2.75, 3.05) is 26.7 Å². The molecule has 0 aliphatic carbocycles. The number of nitrogens with one attached hydrogen (secondary N) is 2. The van der Waals surface area contributed by atoms with Gasteiger partial charge in [0, 0.05) is 50.3 Å². The Hall–Kier alpha value is -2.14. The zero-order valence-corrected chi connectivity index (χ0v) is 16.8. The number of hydrogen-bond donors (Lipinski definition) is 2. The van der Waals surface area contributed by atoms with E-state index in [2.05, 4.69) is 77.5 Å². The summed E-state index contributed by atoms with van der Waals surface area (Å²) in [5, 5.41) is 8.01. The Morgan fingerprint density at radius 3 is 2.42 bits per heavy atom. The number of aromatic nitrogens is 1. The van der Waals surface area contributed by atoms with Gasteiger partial charge in [0.2, 0.25) is 0 Å². The average Bonchev–Trinajstić information content (AvgIpc) is 2.63. The van der Waals surface area contributed by atoms with Gasteiger partial charge in [0.1, 0.15) is 0 Å². The third-order valence-electron chi connectivity index (χ3n) is 4.62. The van der Waals surface area contributed by atoms with E-state index < -0.39 is 0 Å². The molecule has 5 nitrogen and oxygen atoms in total. The smallest absolute Gasteiger partial charge is 0.191 e. The van der Waals surface area contributed by atoms with Gasteiger partial charge in [-0.2, -0.15) is 0 Å². The van der Waals surface area contributed by atoms with Crippen LogP contribution < -0.4 is 10.6 Å². The molecule has 2 N–H and O–H groups in total. The highest BCUT2D eigenvalue weighted by Gasteiger charge is 2.12. The molecule has 142 valence electrons. The van der Waals surface area contributed by atoms with Gasteiger partial charge >= 0.3 is 0 Å². The van der Waals surface area contributed by atoms with E-state index in [-0.39, 0.29) is 0 Å². The Bertz CT molecular complexity index is 695. The molecule has 1 aromatic heterocycles. The Morgan fingerprint density at radius 1 is 1.04 bits per heavy atom. The molecule has 0 radical (unpaired) electrons. The Labute approximate surface area is 157 Å². The van der Waals surface area contributed by atoms with Crippen molar-refractivity contribution in [3.63, 3.8) is 0 Å². The van der Waals surface area contributed by atoms with E-state index in [0.29, 0.717) is 12.1 Å². The number of nitrogens with zero attached hydrogens (tertiary/aromatic N) is 3. The first-order valence-corrected chi connectivity index (χ1v) is 9.55. The minimum absolute atomic E-state index is 0.547. The molecular weight excluding hydrogens is 322 g/mol. The predicted molar refractivity (Wildman–Crippen MR) is 112 cm³/mol. The molecule has 0 atom stereocenters. The Balaban J connectivity index is 1.82. The molecule has 0 saturated carbocycles. The second kappa shape index (κ2) is 10.1. The quantitative estimate of drug-likeness (QED) is 0.564. The summed E-state index contributed by atoms with van der Waals surface area (Å²) < 4.78 is 0. The summed E-state index contributed by atoms with van der Waals surface area (Å²) in [6.07, 6.45) is 2.77. The van der Waals surface area contributed by atoms with Crippen LogP contribution >= 0.6 is 0 Å². The van der Waals surface area contributed by atoms with Crippen LogP contribution in [0.25, 0.3) is 10.9 Å². The highest BCUT2D eigenvalue weighted by atomic mass is 15.2. The zero-order valence-electron chi connectivity index (χ0n) is 16.8. The van der Waals surface area contributed by atoms with Crippen molar-refractivity contribution in [1.82, 2.24) is 20.5 Å². The molecule has 1 heterocycles. The van der Waals surface area contributed by atoms with Crippen LogP contribution in [0.1, 0.15) is 33.3 Å². The van der Waals surface area contributed by atoms with E-state index in [1.165, 1.54) is 10.9 Å². The van der Waals surface area contributed by atoms with Crippen LogP contribution in [-0.2, 0) is 6.42 Å². The number of rotatable bonds is 8. The normalized spacial score (nSPS) is 12.4. The van der Waals surface area contributed by atoms with Gasteiger partial charge in [0.05, 0.1) is 5.52 Å². The van der Waals surface area contributed by atoms with E-state index in [0.717, 1.165) is 37.5 Å². The monoisotopic (exact) mass is 355 g/mol. The number of pyridine rings is 1. The first kappa shape index (κ1) is 20.2. The highest BCUT2D eigenvalue weighted by Crippen LogP contribution is 2.15. The molecule has 0 aliphatic rings. The summed E-state index contributed by atoms with van der Waals surface area (Å²) >= 11 is 0. The Morgan fingerprint density at radius 2 is 1.73 bits per heavy atom. The molecular formula is C21H33N5. The molecule has 0 unspecified atom stereocenters. The van der Waals surface area contributed by atoms with Crippen molar-refractivity contribution in [3.05, 3.63) is 42.1 Å². The van der Waals surface area contributed by atoms with Gasteiger partial charge in [-0.25, -0.2) is 0 Å². The lowest BCUT2D eigenvalue weighted by molar-refractivity contribution is 0.178.